The summed E-state index contributed by atoms with van der Waals surface area (Å²) in [5.74, 6) is 0. The van der Waals surface area contributed by atoms with Gasteiger partial charge in [0.05, 0.1) is 16.8 Å². The van der Waals surface area contributed by atoms with E-state index in [1.54, 1.807) is 42.6 Å². The van der Waals surface area contributed by atoms with Gasteiger partial charge in [0.1, 0.15) is 0 Å². The van der Waals surface area contributed by atoms with E-state index in [4.69, 9.17) is 0 Å². The molecule has 2 N–H and O–H groups in total. The molecule has 0 saturated heterocycles. The van der Waals surface area contributed by atoms with Crippen molar-refractivity contribution in [2.45, 2.75) is 17.9 Å². The third kappa shape index (κ3) is 3.34. The van der Waals surface area contributed by atoms with Gasteiger partial charge in [-0.25, -0.2) is 8.42 Å². The van der Waals surface area contributed by atoms with Crippen LogP contribution >= 0.6 is 0 Å². The van der Waals surface area contributed by atoms with Gasteiger partial charge in [-0.1, -0.05) is 12.1 Å². The largest absolute Gasteiger partial charge is 0.313 e. The molecule has 6 heteroatoms. The van der Waals surface area contributed by atoms with Crippen LogP contribution in [0.3, 0.4) is 0 Å². The zero-order chi connectivity index (χ0) is 14.6. The zero-order valence-corrected chi connectivity index (χ0v) is 12.2. The molecule has 1 unspecified atom stereocenters. The summed E-state index contributed by atoms with van der Waals surface area (Å²) < 4.78 is 26.9. The summed E-state index contributed by atoms with van der Waals surface area (Å²) in [4.78, 5) is 4.11. The van der Waals surface area contributed by atoms with Crippen LogP contribution in [0.1, 0.15) is 18.5 Å². The lowest BCUT2D eigenvalue weighted by atomic mass is 10.1. The quantitative estimate of drug-likeness (QED) is 0.885. The summed E-state index contributed by atoms with van der Waals surface area (Å²) in [5.41, 5.74) is 1.48. The molecule has 0 aliphatic heterocycles. The van der Waals surface area contributed by atoms with Crippen LogP contribution in [0.25, 0.3) is 0 Å². The molecular formula is C14H17N3O2S. The molecule has 20 heavy (non-hydrogen) atoms. The predicted octanol–water partition coefficient (Wildman–Crippen LogP) is 2.16. The fraction of sp³-hybridized carbons (Fsp3) is 0.214. The first kappa shape index (κ1) is 14.5. The molecule has 1 aromatic carbocycles. The fourth-order valence-electron chi connectivity index (χ4n) is 1.74. The first-order valence-corrected chi connectivity index (χ1v) is 7.71. The Hall–Kier alpha value is -1.92. The van der Waals surface area contributed by atoms with Crippen LogP contribution in [0, 0.1) is 0 Å². The first-order chi connectivity index (χ1) is 9.53. The summed E-state index contributed by atoms with van der Waals surface area (Å²) >= 11 is 0. The van der Waals surface area contributed by atoms with Crippen LogP contribution in [0.2, 0.25) is 0 Å². The zero-order valence-electron chi connectivity index (χ0n) is 11.4. The second-order valence-electron chi connectivity index (χ2n) is 4.43. The molecule has 5 nitrogen and oxygen atoms in total. The number of hydrogen-bond acceptors (Lipinski definition) is 4. The van der Waals surface area contributed by atoms with Crippen molar-refractivity contribution in [3.05, 3.63) is 54.4 Å². The van der Waals surface area contributed by atoms with Gasteiger partial charge in [0.25, 0.3) is 10.0 Å². The van der Waals surface area contributed by atoms with Crippen LogP contribution in [0.4, 0.5) is 5.69 Å². The topological polar surface area (TPSA) is 71.1 Å². The molecule has 0 aliphatic carbocycles. The highest BCUT2D eigenvalue weighted by molar-refractivity contribution is 7.92. The van der Waals surface area contributed by atoms with Crippen molar-refractivity contribution in [1.82, 2.24) is 10.3 Å². The molecule has 2 rings (SSSR count). The van der Waals surface area contributed by atoms with E-state index < -0.39 is 10.0 Å². The number of pyridine rings is 1. The van der Waals surface area contributed by atoms with Crippen molar-refractivity contribution in [2.24, 2.45) is 0 Å². The highest BCUT2D eigenvalue weighted by Crippen LogP contribution is 2.18. The lowest BCUT2D eigenvalue weighted by Crippen LogP contribution is -2.14. The van der Waals surface area contributed by atoms with Crippen molar-refractivity contribution >= 4 is 15.7 Å². The Morgan fingerprint density at radius 2 is 1.85 bits per heavy atom. The Balaban J connectivity index is 2.22. The smallest absolute Gasteiger partial charge is 0.261 e. The lowest BCUT2D eigenvalue weighted by molar-refractivity contribution is 0.601. The summed E-state index contributed by atoms with van der Waals surface area (Å²) in [5, 5.41) is 3.11. The fourth-order valence-corrected chi connectivity index (χ4v) is 2.78. The van der Waals surface area contributed by atoms with Crippen molar-refractivity contribution < 1.29 is 8.42 Å². The number of anilines is 1. The van der Waals surface area contributed by atoms with E-state index in [1.165, 1.54) is 6.20 Å². The summed E-state index contributed by atoms with van der Waals surface area (Å²) in [6.45, 7) is 2.01. The molecule has 0 saturated carbocycles. The maximum atomic E-state index is 12.2. The molecule has 1 aromatic heterocycles. The molecule has 0 amide bonds. The molecule has 0 aliphatic rings. The molecular weight excluding hydrogens is 274 g/mol. The van der Waals surface area contributed by atoms with Gasteiger partial charge in [0.15, 0.2) is 0 Å². The molecule has 106 valence electrons. The van der Waals surface area contributed by atoms with E-state index in [9.17, 15) is 8.42 Å². The molecule has 1 atom stereocenters. The van der Waals surface area contributed by atoms with Crippen LogP contribution in [-0.4, -0.2) is 20.4 Å². The van der Waals surface area contributed by atoms with Gasteiger partial charge in [-0.15, -0.1) is 0 Å². The van der Waals surface area contributed by atoms with Crippen LogP contribution < -0.4 is 10.0 Å². The average molecular weight is 291 g/mol. The van der Waals surface area contributed by atoms with E-state index in [2.05, 4.69) is 15.0 Å². The minimum absolute atomic E-state index is 0.179. The first-order valence-electron chi connectivity index (χ1n) is 6.23. The van der Waals surface area contributed by atoms with E-state index in [0.29, 0.717) is 5.69 Å². The third-order valence-electron chi connectivity index (χ3n) is 3.04. The van der Waals surface area contributed by atoms with Crippen LogP contribution in [-0.2, 0) is 10.0 Å². The van der Waals surface area contributed by atoms with Crippen molar-refractivity contribution in [3.8, 4) is 0 Å². The van der Waals surface area contributed by atoms with Gasteiger partial charge < -0.3 is 5.32 Å². The normalized spacial score (nSPS) is 12.9. The number of sulfonamides is 1. The molecule has 0 fully saturated rings. The number of benzene rings is 1. The van der Waals surface area contributed by atoms with Crippen molar-refractivity contribution in [3.63, 3.8) is 0 Å². The van der Waals surface area contributed by atoms with E-state index >= 15 is 0 Å². The second-order valence-corrected chi connectivity index (χ2v) is 6.11. The average Bonchev–Trinajstić information content (AvgIpc) is 2.47. The minimum Gasteiger partial charge on any atom is -0.313 e. The second kappa shape index (κ2) is 6.02. The van der Waals surface area contributed by atoms with E-state index in [-0.39, 0.29) is 10.9 Å². The van der Waals surface area contributed by atoms with E-state index in [0.717, 1.165) is 5.56 Å². The molecule has 1 heterocycles. The standard InChI is InChI=1S/C14H17N3O2S/c1-11(15-2)12-5-7-14(8-6-12)20(18,19)17-13-4-3-9-16-10-13/h3-11,15,17H,1-2H3. The highest BCUT2D eigenvalue weighted by atomic mass is 32.2. The van der Waals surface area contributed by atoms with Gasteiger partial charge in [0, 0.05) is 12.2 Å². The summed E-state index contributed by atoms with van der Waals surface area (Å²) in [7, 11) is -1.71. The minimum atomic E-state index is -3.57. The van der Waals surface area contributed by atoms with Crippen LogP contribution in [0.5, 0.6) is 0 Å². The number of hydrogen-bond donors (Lipinski definition) is 2. The number of rotatable bonds is 5. The van der Waals surface area contributed by atoms with Crippen molar-refractivity contribution in [1.29, 1.82) is 0 Å². The number of nitrogens with one attached hydrogen (secondary N) is 2. The molecule has 0 radical (unpaired) electrons. The van der Waals surface area contributed by atoms with Gasteiger partial charge in [-0.3, -0.25) is 9.71 Å². The molecule has 2 aromatic rings. The number of nitrogens with zero attached hydrogens (tertiary/aromatic N) is 1. The maximum absolute atomic E-state index is 12.2. The molecule has 0 spiro atoms. The Labute approximate surface area is 119 Å². The lowest BCUT2D eigenvalue weighted by Gasteiger charge is -2.12. The van der Waals surface area contributed by atoms with Crippen LogP contribution in [0.15, 0.2) is 53.7 Å². The van der Waals surface area contributed by atoms with Gasteiger partial charge >= 0.3 is 0 Å². The van der Waals surface area contributed by atoms with Gasteiger partial charge in [-0.2, -0.15) is 0 Å². The SMILES string of the molecule is CNC(C)c1ccc(S(=O)(=O)Nc2cccnc2)cc1. The highest BCUT2D eigenvalue weighted by Gasteiger charge is 2.14. The molecule has 0 bridgehead atoms. The van der Waals surface area contributed by atoms with Crippen molar-refractivity contribution in [2.75, 3.05) is 11.8 Å². The van der Waals surface area contributed by atoms with Gasteiger partial charge in [-0.05, 0) is 43.8 Å². The maximum Gasteiger partial charge on any atom is 0.261 e. The summed E-state index contributed by atoms with van der Waals surface area (Å²) in [6, 6.07) is 10.3. The third-order valence-corrected chi connectivity index (χ3v) is 4.43. The van der Waals surface area contributed by atoms with E-state index in [1.807, 2.05) is 14.0 Å². The Morgan fingerprint density at radius 1 is 1.15 bits per heavy atom. The summed E-state index contributed by atoms with van der Waals surface area (Å²) in [6.07, 6.45) is 3.06. The Kier molecular flexibility index (Phi) is 4.36. The Bertz CT molecular complexity index is 655. The Morgan fingerprint density at radius 3 is 2.40 bits per heavy atom. The van der Waals surface area contributed by atoms with Gasteiger partial charge in [0.2, 0.25) is 0 Å². The predicted molar refractivity (Wildman–Crippen MR) is 79.0 cm³/mol. The monoisotopic (exact) mass is 291 g/mol. The number of aromatic nitrogens is 1.